The van der Waals surface area contributed by atoms with Crippen molar-refractivity contribution < 1.29 is 5.11 Å². The minimum Gasteiger partial charge on any atom is -0.392 e. The van der Waals surface area contributed by atoms with Crippen LogP contribution in [0.15, 0.2) is 0 Å². The zero-order valence-electron chi connectivity index (χ0n) is 11.3. The minimum absolute atomic E-state index is 0.101. The van der Waals surface area contributed by atoms with Crippen LogP contribution in [0.3, 0.4) is 0 Å². The fraction of sp³-hybridized carbons (Fsp3) is 1.00. The van der Waals surface area contributed by atoms with Crippen LogP contribution in [-0.4, -0.2) is 41.8 Å². The van der Waals surface area contributed by atoms with Gasteiger partial charge < -0.3 is 15.7 Å². The summed E-state index contributed by atoms with van der Waals surface area (Å²) in [5, 5.41) is 9.56. The van der Waals surface area contributed by atoms with E-state index in [1.165, 1.54) is 19.3 Å². The zero-order valence-corrected chi connectivity index (χ0v) is 11.3. The molecule has 3 N–H and O–H groups in total. The molecule has 0 spiro atoms. The molecule has 0 amide bonds. The van der Waals surface area contributed by atoms with Gasteiger partial charge in [0.15, 0.2) is 0 Å². The topological polar surface area (TPSA) is 49.5 Å². The summed E-state index contributed by atoms with van der Waals surface area (Å²) in [6, 6.07) is 0.378. The lowest BCUT2D eigenvalue weighted by molar-refractivity contribution is 0.133. The lowest BCUT2D eigenvalue weighted by Gasteiger charge is -2.38. The highest BCUT2D eigenvalue weighted by Gasteiger charge is 2.32. The van der Waals surface area contributed by atoms with Crippen LogP contribution in [-0.2, 0) is 0 Å². The summed E-state index contributed by atoms with van der Waals surface area (Å²) >= 11 is 0. The molecule has 17 heavy (non-hydrogen) atoms. The molecule has 1 saturated carbocycles. The summed E-state index contributed by atoms with van der Waals surface area (Å²) in [7, 11) is 0. The summed E-state index contributed by atoms with van der Waals surface area (Å²) < 4.78 is 0. The van der Waals surface area contributed by atoms with Gasteiger partial charge in [-0.05, 0) is 43.4 Å². The maximum Gasteiger partial charge on any atom is 0.0679 e. The van der Waals surface area contributed by atoms with Crippen LogP contribution in [0.1, 0.15) is 39.5 Å². The van der Waals surface area contributed by atoms with E-state index in [-0.39, 0.29) is 6.10 Å². The van der Waals surface area contributed by atoms with E-state index in [4.69, 9.17) is 5.73 Å². The lowest BCUT2D eigenvalue weighted by atomic mass is 9.74. The fourth-order valence-electron chi connectivity index (χ4n) is 3.45. The summed E-state index contributed by atoms with van der Waals surface area (Å²) in [6.07, 6.45) is 4.61. The maximum atomic E-state index is 9.56. The standard InChI is InChI=1S/C14H28N2O/c1-10(2)11-3-4-14(15)12(7-11)8-16-6-5-13(17)9-16/h10-14,17H,3-9,15H2,1-2H3. The minimum atomic E-state index is -0.101. The number of rotatable bonds is 3. The van der Waals surface area contributed by atoms with Crippen LogP contribution < -0.4 is 5.73 Å². The lowest BCUT2D eigenvalue weighted by Crippen LogP contribution is -2.43. The molecule has 0 aromatic rings. The Morgan fingerprint density at radius 2 is 2.06 bits per heavy atom. The largest absolute Gasteiger partial charge is 0.392 e. The maximum absolute atomic E-state index is 9.56. The van der Waals surface area contributed by atoms with Crippen molar-refractivity contribution in [3.8, 4) is 0 Å². The van der Waals surface area contributed by atoms with E-state index in [0.29, 0.717) is 12.0 Å². The fourth-order valence-corrected chi connectivity index (χ4v) is 3.45. The van der Waals surface area contributed by atoms with Crippen LogP contribution in [0.25, 0.3) is 0 Å². The highest BCUT2D eigenvalue weighted by molar-refractivity contribution is 4.87. The van der Waals surface area contributed by atoms with E-state index in [1.54, 1.807) is 0 Å². The first-order chi connectivity index (χ1) is 8.06. The van der Waals surface area contributed by atoms with Gasteiger partial charge in [-0.25, -0.2) is 0 Å². The molecule has 4 unspecified atom stereocenters. The van der Waals surface area contributed by atoms with Crippen LogP contribution in [0.2, 0.25) is 0 Å². The molecule has 1 heterocycles. The van der Waals surface area contributed by atoms with Gasteiger partial charge in [-0.3, -0.25) is 0 Å². The van der Waals surface area contributed by atoms with E-state index in [2.05, 4.69) is 18.7 Å². The highest BCUT2D eigenvalue weighted by atomic mass is 16.3. The van der Waals surface area contributed by atoms with Crippen molar-refractivity contribution in [1.82, 2.24) is 4.90 Å². The number of nitrogens with zero attached hydrogens (tertiary/aromatic N) is 1. The van der Waals surface area contributed by atoms with Crippen molar-refractivity contribution >= 4 is 0 Å². The molecule has 1 aliphatic carbocycles. The van der Waals surface area contributed by atoms with E-state index in [9.17, 15) is 5.11 Å². The molecule has 4 atom stereocenters. The summed E-state index contributed by atoms with van der Waals surface area (Å²) in [4.78, 5) is 2.40. The monoisotopic (exact) mass is 240 g/mol. The van der Waals surface area contributed by atoms with E-state index >= 15 is 0 Å². The van der Waals surface area contributed by atoms with Crippen molar-refractivity contribution in [3.05, 3.63) is 0 Å². The van der Waals surface area contributed by atoms with Crippen molar-refractivity contribution in [2.45, 2.75) is 51.7 Å². The first-order valence-corrected chi connectivity index (χ1v) is 7.22. The van der Waals surface area contributed by atoms with Gasteiger partial charge >= 0.3 is 0 Å². The summed E-state index contributed by atoms with van der Waals surface area (Å²) in [5.41, 5.74) is 6.26. The van der Waals surface area contributed by atoms with Gasteiger partial charge in [0, 0.05) is 25.7 Å². The van der Waals surface area contributed by atoms with Gasteiger partial charge in [0.1, 0.15) is 0 Å². The van der Waals surface area contributed by atoms with Crippen LogP contribution in [0.4, 0.5) is 0 Å². The molecule has 0 bridgehead atoms. The van der Waals surface area contributed by atoms with E-state index in [0.717, 1.165) is 37.9 Å². The number of hydrogen-bond donors (Lipinski definition) is 2. The molecule has 2 aliphatic rings. The van der Waals surface area contributed by atoms with Gasteiger partial charge in [-0.2, -0.15) is 0 Å². The Labute approximate surface area is 105 Å². The van der Waals surface area contributed by atoms with Crippen molar-refractivity contribution in [2.24, 2.45) is 23.5 Å². The average molecular weight is 240 g/mol. The number of hydrogen-bond acceptors (Lipinski definition) is 3. The molecule has 3 heteroatoms. The number of aliphatic hydroxyl groups is 1. The Bertz CT molecular complexity index is 244. The van der Waals surface area contributed by atoms with Crippen LogP contribution >= 0.6 is 0 Å². The Balaban J connectivity index is 1.85. The SMILES string of the molecule is CC(C)C1CCC(N)C(CN2CCC(O)C2)C1. The molecule has 1 aliphatic heterocycles. The van der Waals surface area contributed by atoms with Crippen molar-refractivity contribution in [1.29, 1.82) is 0 Å². The molecular formula is C14H28N2O. The van der Waals surface area contributed by atoms with Gasteiger partial charge in [0.05, 0.1) is 6.10 Å². The number of β-amino-alcohol motifs (C(OH)–C–C–N with tert-alkyl or cyclic N) is 1. The number of aliphatic hydroxyl groups excluding tert-OH is 1. The number of likely N-dealkylation sites (tertiary alicyclic amines) is 1. The Morgan fingerprint density at radius 3 is 2.65 bits per heavy atom. The third kappa shape index (κ3) is 3.43. The molecule has 0 aromatic carbocycles. The Hall–Kier alpha value is -0.120. The molecule has 100 valence electrons. The van der Waals surface area contributed by atoms with Gasteiger partial charge in [-0.1, -0.05) is 13.8 Å². The van der Waals surface area contributed by atoms with Crippen molar-refractivity contribution in [2.75, 3.05) is 19.6 Å². The molecule has 2 fully saturated rings. The van der Waals surface area contributed by atoms with E-state index < -0.39 is 0 Å². The molecule has 1 saturated heterocycles. The summed E-state index contributed by atoms with van der Waals surface area (Å²) in [5.74, 6) is 2.28. The molecule has 2 rings (SSSR count). The third-order valence-electron chi connectivity index (χ3n) is 4.76. The van der Waals surface area contributed by atoms with Gasteiger partial charge in [0.25, 0.3) is 0 Å². The molecular weight excluding hydrogens is 212 g/mol. The second kappa shape index (κ2) is 5.68. The first-order valence-electron chi connectivity index (χ1n) is 7.22. The smallest absolute Gasteiger partial charge is 0.0679 e. The van der Waals surface area contributed by atoms with Crippen LogP contribution in [0.5, 0.6) is 0 Å². The molecule has 0 radical (unpaired) electrons. The molecule has 3 nitrogen and oxygen atoms in total. The normalized spacial score (nSPS) is 40.1. The zero-order chi connectivity index (χ0) is 12.4. The van der Waals surface area contributed by atoms with E-state index in [1.807, 2.05) is 0 Å². The highest BCUT2D eigenvalue weighted by Crippen LogP contribution is 2.33. The Morgan fingerprint density at radius 1 is 1.29 bits per heavy atom. The van der Waals surface area contributed by atoms with Crippen LogP contribution in [0, 0.1) is 17.8 Å². The van der Waals surface area contributed by atoms with Gasteiger partial charge in [0.2, 0.25) is 0 Å². The molecule has 0 aromatic heterocycles. The first kappa shape index (κ1) is 13.3. The predicted octanol–water partition coefficient (Wildman–Crippen LogP) is 1.45. The predicted molar refractivity (Wildman–Crippen MR) is 70.7 cm³/mol. The quantitative estimate of drug-likeness (QED) is 0.785. The van der Waals surface area contributed by atoms with Crippen molar-refractivity contribution in [3.63, 3.8) is 0 Å². The second-order valence-corrected chi connectivity index (χ2v) is 6.44. The Kier molecular flexibility index (Phi) is 4.45. The second-order valence-electron chi connectivity index (χ2n) is 6.44. The summed E-state index contributed by atoms with van der Waals surface area (Å²) in [6.45, 7) is 7.67. The number of nitrogens with two attached hydrogens (primary N) is 1. The third-order valence-corrected chi connectivity index (χ3v) is 4.76. The average Bonchev–Trinajstić information content (AvgIpc) is 2.67. The van der Waals surface area contributed by atoms with Gasteiger partial charge in [-0.15, -0.1) is 0 Å².